The summed E-state index contributed by atoms with van der Waals surface area (Å²) >= 11 is 0. The molecule has 0 aliphatic rings. The van der Waals surface area contributed by atoms with Gasteiger partial charge in [-0.15, -0.1) is 0 Å². The SMILES string of the molecule is COc1ccc(C(=O)N/C(=C\c2ccco2)C(=O)Nc2ccc(C(C)C)cc2)cc1OC. The number of benzene rings is 2. The highest BCUT2D eigenvalue weighted by molar-refractivity contribution is 6.10. The number of anilines is 1. The van der Waals surface area contributed by atoms with Gasteiger partial charge < -0.3 is 24.5 Å². The van der Waals surface area contributed by atoms with Crippen molar-refractivity contribution in [3.8, 4) is 11.5 Å². The van der Waals surface area contributed by atoms with Crippen molar-refractivity contribution >= 4 is 23.6 Å². The summed E-state index contributed by atoms with van der Waals surface area (Å²) in [6.45, 7) is 4.20. The second kappa shape index (κ2) is 10.3. The minimum Gasteiger partial charge on any atom is -0.493 e. The van der Waals surface area contributed by atoms with Gasteiger partial charge in [-0.05, 0) is 53.9 Å². The van der Waals surface area contributed by atoms with Crippen LogP contribution < -0.4 is 20.1 Å². The molecule has 0 aliphatic heterocycles. The van der Waals surface area contributed by atoms with E-state index in [1.54, 1.807) is 30.3 Å². The topological polar surface area (TPSA) is 89.8 Å². The van der Waals surface area contributed by atoms with Crippen LogP contribution >= 0.6 is 0 Å². The number of furan rings is 1. The molecule has 0 spiro atoms. The van der Waals surface area contributed by atoms with Gasteiger partial charge in [-0.3, -0.25) is 9.59 Å². The molecule has 7 heteroatoms. The maximum absolute atomic E-state index is 13.0. The summed E-state index contributed by atoms with van der Waals surface area (Å²) in [7, 11) is 3.00. The number of carbonyl (C=O) groups excluding carboxylic acids is 2. The first-order valence-electron chi connectivity index (χ1n) is 10.1. The van der Waals surface area contributed by atoms with Crippen molar-refractivity contribution < 1.29 is 23.5 Å². The predicted octanol–water partition coefficient (Wildman–Crippen LogP) is 4.83. The van der Waals surface area contributed by atoms with Crippen molar-refractivity contribution in [1.29, 1.82) is 0 Å². The highest BCUT2D eigenvalue weighted by atomic mass is 16.5. The summed E-state index contributed by atoms with van der Waals surface area (Å²) in [4.78, 5) is 25.8. The highest BCUT2D eigenvalue weighted by Gasteiger charge is 2.17. The number of hydrogen-bond donors (Lipinski definition) is 2. The highest BCUT2D eigenvalue weighted by Crippen LogP contribution is 2.27. The van der Waals surface area contributed by atoms with E-state index in [-0.39, 0.29) is 5.70 Å². The standard InChI is InChI=1S/C25H26N2O5/c1-16(2)17-7-10-19(11-8-17)26-25(29)21(15-20-6-5-13-32-20)27-24(28)18-9-12-22(30-3)23(14-18)31-4/h5-16H,1-4H3,(H,26,29)(H,27,28)/b21-15-. The summed E-state index contributed by atoms with van der Waals surface area (Å²) in [5.41, 5.74) is 2.12. The summed E-state index contributed by atoms with van der Waals surface area (Å²) < 4.78 is 15.8. The van der Waals surface area contributed by atoms with E-state index in [4.69, 9.17) is 13.9 Å². The molecular formula is C25H26N2O5. The van der Waals surface area contributed by atoms with Gasteiger partial charge in [0.15, 0.2) is 11.5 Å². The molecule has 7 nitrogen and oxygen atoms in total. The Balaban J connectivity index is 1.83. The maximum atomic E-state index is 13.0. The molecule has 32 heavy (non-hydrogen) atoms. The number of carbonyl (C=O) groups is 2. The lowest BCUT2D eigenvalue weighted by atomic mass is 10.0. The second-order valence-corrected chi connectivity index (χ2v) is 7.33. The molecule has 0 saturated heterocycles. The number of amides is 2. The van der Waals surface area contributed by atoms with Gasteiger partial charge in [-0.1, -0.05) is 26.0 Å². The average molecular weight is 434 g/mol. The predicted molar refractivity (Wildman–Crippen MR) is 123 cm³/mol. The molecule has 0 unspecified atom stereocenters. The van der Waals surface area contributed by atoms with Crippen LogP contribution in [0.1, 0.15) is 41.4 Å². The van der Waals surface area contributed by atoms with Crippen LogP contribution in [0.2, 0.25) is 0 Å². The van der Waals surface area contributed by atoms with Crippen molar-refractivity contribution in [2.75, 3.05) is 19.5 Å². The lowest BCUT2D eigenvalue weighted by Gasteiger charge is -2.13. The minimum absolute atomic E-state index is 0.0349. The van der Waals surface area contributed by atoms with E-state index in [9.17, 15) is 9.59 Å². The van der Waals surface area contributed by atoms with E-state index >= 15 is 0 Å². The minimum atomic E-state index is -0.479. The Bertz CT molecular complexity index is 1100. The molecular weight excluding hydrogens is 408 g/mol. The normalized spacial score (nSPS) is 11.2. The molecule has 1 heterocycles. The van der Waals surface area contributed by atoms with Gasteiger partial charge in [0.1, 0.15) is 11.5 Å². The summed E-state index contributed by atoms with van der Waals surface area (Å²) in [6, 6.07) is 15.7. The van der Waals surface area contributed by atoms with Crippen LogP contribution in [0.5, 0.6) is 11.5 Å². The van der Waals surface area contributed by atoms with Gasteiger partial charge >= 0.3 is 0 Å². The fourth-order valence-electron chi connectivity index (χ4n) is 3.00. The third-order valence-electron chi connectivity index (χ3n) is 4.80. The Morgan fingerprint density at radius 2 is 1.69 bits per heavy atom. The summed E-state index contributed by atoms with van der Waals surface area (Å²) in [5, 5.41) is 5.47. The third-order valence-corrected chi connectivity index (χ3v) is 4.80. The van der Waals surface area contributed by atoms with Gasteiger partial charge in [0, 0.05) is 17.3 Å². The lowest BCUT2D eigenvalue weighted by molar-refractivity contribution is -0.113. The van der Waals surface area contributed by atoms with Crippen LogP contribution in [0, 0.1) is 0 Å². The Morgan fingerprint density at radius 3 is 2.28 bits per heavy atom. The van der Waals surface area contributed by atoms with Crippen molar-refractivity contribution in [1.82, 2.24) is 5.32 Å². The van der Waals surface area contributed by atoms with Crippen LogP contribution in [0.15, 0.2) is 71.0 Å². The molecule has 0 fully saturated rings. The Kier molecular flexibility index (Phi) is 7.33. The number of methoxy groups -OCH3 is 2. The van der Waals surface area contributed by atoms with E-state index in [2.05, 4.69) is 24.5 Å². The number of nitrogens with one attached hydrogen (secondary N) is 2. The first-order valence-corrected chi connectivity index (χ1v) is 10.1. The number of rotatable bonds is 8. The molecule has 0 atom stereocenters. The molecule has 2 aromatic carbocycles. The molecule has 166 valence electrons. The second-order valence-electron chi connectivity index (χ2n) is 7.33. The fourth-order valence-corrected chi connectivity index (χ4v) is 3.00. The Labute approximate surface area is 187 Å². The Morgan fingerprint density at radius 1 is 0.969 bits per heavy atom. The van der Waals surface area contributed by atoms with E-state index in [0.29, 0.717) is 34.4 Å². The quantitative estimate of drug-likeness (QED) is 0.496. The van der Waals surface area contributed by atoms with Gasteiger partial charge in [0.25, 0.3) is 11.8 Å². The van der Waals surface area contributed by atoms with Gasteiger partial charge in [0.05, 0.1) is 20.5 Å². The van der Waals surface area contributed by atoms with Gasteiger partial charge in [-0.25, -0.2) is 0 Å². The third kappa shape index (κ3) is 5.57. The van der Waals surface area contributed by atoms with E-state index < -0.39 is 11.8 Å². The van der Waals surface area contributed by atoms with Crippen LogP contribution in [0.3, 0.4) is 0 Å². The maximum Gasteiger partial charge on any atom is 0.272 e. The van der Waals surface area contributed by atoms with Crippen LogP contribution in [0.25, 0.3) is 6.08 Å². The summed E-state index contributed by atoms with van der Waals surface area (Å²) in [6.07, 6.45) is 2.96. The molecule has 0 radical (unpaired) electrons. The van der Waals surface area contributed by atoms with Crippen molar-refractivity contribution in [3.05, 3.63) is 83.4 Å². The molecule has 0 saturated carbocycles. The molecule has 0 bridgehead atoms. The van der Waals surface area contributed by atoms with E-state index in [0.717, 1.165) is 5.56 Å². The smallest absolute Gasteiger partial charge is 0.272 e. The van der Waals surface area contributed by atoms with Crippen LogP contribution in [-0.2, 0) is 4.79 Å². The first kappa shape index (κ1) is 22.7. The van der Waals surface area contributed by atoms with E-state index in [1.807, 2.05) is 24.3 Å². The lowest BCUT2D eigenvalue weighted by Crippen LogP contribution is -2.30. The Hall–Kier alpha value is -4.00. The largest absolute Gasteiger partial charge is 0.493 e. The zero-order chi connectivity index (χ0) is 23.1. The number of hydrogen-bond acceptors (Lipinski definition) is 5. The zero-order valence-corrected chi connectivity index (χ0v) is 18.5. The van der Waals surface area contributed by atoms with Gasteiger partial charge in [0.2, 0.25) is 0 Å². The molecule has 3 rings (SSSR count). The number of ether oxygens (including phenoxy) is 2. The molecule has 2 N–H and O–H groups in total. The zero-order valence-electron chi connectivity index (χ0n) is 18.5. The van der Waals surface area contributed by atoms with Gasteiger partial charge in [-0.2, -0.15) is 0 Å². The van der Waals surface area contributed by atoms with E-state index in [1.165, 1.54) is 26.6 Å². The van der Waals surface area contributed by atoms with Crippen molar-refractivity contribution in [2.45, 2.75) is 19.8 Å². The molecule has 3 aromatic rings. The fraction of sp³-hybridized carbons (Fsp3) is 0.200. The van der Waals surface area contributed by atoms with Crippen LogP contribution in [-0.4, -0.2) is 26.0 Å². The van der Waals surface area contributed by atoms with Crippen LogP contribution in [0.4, 0.5) is 5.69 Å². The summed E-state index contributed by atoms with van der Waals surface area (Å²) in [5.74, 6) is 0.763. The molecule has 0 aliphatic carbocycles. The average Bonchev–Trinajstić information content (AvgIpc) is 3.31. The molecule has 2 amide bonds. The van der Waals surface area contributed by atoms with Crippen molar-refractivity contribution in [2.24, 2.45) is 0 Å². The molecule has 1 aromatic heterocycles. The monoisotopic (exact) mass is 434 g/mol. The first-order chi connectivity index (χ1) is 15.4. The van der Waals surface area contributed by atoms with Crippen molar-refractivity contribution in [3.63, 3.8) is 0 Å².